The van der Waals surface area contributed by atoms with Crippen molar-refractivity contribution in [3.63, 3.8) is 0 Å². The lowest BCUT2D eigenvalue weighted by Crippen LogP contribution is -2.38. The Morgan fingerprint density at radius 3 is 2.68 bits per heavy atom. The van der Waals surface area contributed by atoms with Crippen LogP contribution in [0.5, 0.6) is 17.2 Å². The maximum absolute atomic E-state index is 12.8. The van der Waals surface area contributed by atoms with Crippen LogP contribution in [0.15, 0.2) is 47.5 Å². The highest BCUT2D eigenvalue weighted by Gasteiger charge is 2.38. The summed E-state index contributed by atoms with van der Waals surface area (Å²) in [5.41, 5.74) is 1.82. The first-order valence-corrected chi connectivity index (χ1v) is 9.03. The maximum Gasteiger partial charge on any atom is 0.387 e. The first-order chi connectivity index (χ1) is 13.6. The number of aliphatic imine (C=N–C) groups is 1. The number of hydrogen-bond acceptors (Lipinski definition) is 4. The van der Waals surface area contributed by atoms with Crippen LogP contribution in [0, 0.1) is 0 Å². The van der Waals surface area contributed by atoms with E-state index in [1.54, 1.807) is 13.1 Å². The van der Waals surface area contributed by atoms with E-state index in [2.05, 4.69) is 32.5 Å². The van der Waals surface area contributed by atoms with E-state index in [1.165, 1.54) is 11.6 Å². The zero-order chi connectivity index (χ0) is 19.5. The molecule has 0 bridgehead atoms. The molecular formula is C20H21F2N3O3. The largest absolute Gasteiger partial charge is 0.454 e. The van der Waals surface area contributed by atoms with Crippen molar-refractivity contribution in [1.29, 1.82) is 0 Å². The van der Waals surface area contributed by atoms with Gasteiger partial charge in [-0.1, -0.05) is 30.3 Å². The molecule has 2 aromatic carbocycles. The van der Waals surface area contributed by atoms with Gasteiger partial charge in [0.05, 0.1) is 0 Å². The predicted octanol–water partition coefficient (Wildman–Crippen LogP) is 3.24. The van der Waals surface area contributed by atoms with E-state index in [1.807, 2.05) is 18.2 Å². The molecule has 0 saturated heterocycles. The number of halogens is 2. The van der Waals surface area contributed by atoms with Crippen LogP contribution in [0.1, 0.15) is 23.5 Å². The summed E-state index contributed by atoms with van der Waals surface area (Å²) in [6.07, 6.45) is 1.02. The molecule has 2 atom stereocenters. The van der Waals surface area contributed by atoms with E-state index in [-0.39, 0.29) is 19.1 Å². The van der Waals surface area contributed by atoms with Crippen LogP contribution in [0.3, 0.4) is 0 Å². The predicted molar refractivity (Wildman–Crippen MR) is 100 cm³/mol. The molecule has 1 aliphatic carbocycles. The number of nitrogens with one attached hydrogen (secondary N) is 2. The Balaban J connectivity index is 1.39. The number of hydrogen-bond donors (Lipinski definition) is 2. The van der Waals surface area contributed by atoms with Gasteiger partial charge in [-0.05, 0) is 18.1 Å². The second kappa shape index (κ2) is 7.92. The van der Waals surface area contributed by atoms with Gasteiger partial charge in [0.15, 0.2) is 17.5 Å². The molecule has 148 valence electrons. The summed E-state index contributed by atoms with van der Waals surface area (Å²) in [6, 6.07) is 13.6. The average Bonchev–Trinajstić information content (AvgIpc) is 3.32. The van der Waals surface area contributed by atoms with Gasteiger partial charge in [0.1, 0.15) is 5.75 Å². The Labute approximate surface area is 161 Å². The number of guanidine groups is 1. The van der Waals surface area contributed by atoms with Gasteiger partial charge in [0.25, 0.3) is 0 Å². The SMILES string of the molecule is CN=C(NCc1cc2c(cc1OC(F)F)OCO2)NC1CC1c1ccccc1. The quantitative estimate of drug-likeness (QED) is 0.587. The monoisotopic (exact) mass is 389 g/mol. The lowest BCUT2D eigenvalue weighted by Gasteiger charge is -2.15. The molecule has 6 nitrogen and oxygen atoms in total. The third-order valence-electron chi connectivity index (χ3n) is 4.78. The lowest BCUT2D eigenvalue weighted by atomic mass is 10.1. The molecule has 0 spiro atoms. The van der Waals surface area contributed by atoms with E-state index in [9.17, 15) is 8.78 Å². The van der Waals surface area contributed by atoms with Crippen molar-refractivity contribution in [2.45, 2.75) is 31.5 Å². The molecule has 1 fully saturated rings. The summed E-state index contributed by atoms with van der Waals surface area (Å²) in [5.74, 6) is 2.00. The maximum atomic E-state index is 12.8. The van der Waals surface area contributed by atoms with Gasteiger partial charge < -0.3 is 24.8 Å². The van der Waals surface area contributed by atoms with Crippen molar-refractivity contribution in [3.8, 4) is 17.2 Å². The highest BCUT2D eigenvalue weighted by molar-refractivity contribution is 5.80. The van der Waals surface area contributed by atoms with Gasteiger partial charge in [-0.15, -0.1) is 0 Å². The number of alkyl halides is 2. The van der Waals surface area contributed by atoms with Crippen molar-refractivity contribution in [3.05, 3.63) is 53.6 Å². The molecule has 4 rings (SSSR count). The fourth-order valence-electron chi connectivity index (χ4n) is 3.28. The highest BCUT2D eigenvalue weighted by Crippen LogP contribution is 2.41. The minimum Gasteiger partial charge on any atom is -0.454 e. The average molecular weight is 389 g/mol. The van der Waals surface area contributed by atoms with Crippen LogP contribution in [0.25, 0.3) is 0 Å². The summed E-state index contributed by atoms with van der Waals surface area (Å²) >= 11 is 0. The molecule has 28 heavy (non-hydrogen) atoms. The number of rotatable bonds is 6. The molecule has 2 N–H and O–H groups in total. The minimum absolute atomic E-state index is 0.0517. The summed E-state index contributed by atoms with van der Waals surface area (Å²) in [7, 11) is 1.67. The Kier molecular flexibility index (Phi) is 5.18. The summed E-state index contributed by atoms with van der Waals surface area (Å²) < 4.78 is 40.7. The van der Waals surface area contributed by atoms with E-state index in [0.29, 0.717) is 35.0 Å². The minimum atomic E-state index is -2.92. The molecule has 0 radical (unpaired) electrons. The normalized spacial score (nSPS) is 20.2. The Bertz CT molecular complexity index is 861. The third-order valence-corrected chi connectivity index (χ3v) is 4.78. The molecule has 2 aromatic rings. The fourth-order valence-corrected chi connectivity index (χ4v) is 3.28. The van der Waals surface area contributed by atoms with Crippen molar-refractivity contribution in [1.82, 2.24) is 10.6 Å². The zero-order valence-electron chi connectivity index (χ0n) is 15.3. The standard InChI is InChI=1S/C20H21F2N3O3/c1-23-20(25-15-8-14(15)12-5-3-2-4-6-12)24-10-13-7-17-18(27-11-26-17)9-16(13)28-19(21)22/h2-7,9,14-15,19H,8,10-11H2,1H3,(H2,23,24,25). The van der Waals surface area contributed by atoms with Gasteiger partial charge in [0, 0.05) is 37.2 Å². The highest BCUT2D eigenvalue weighted by atomic mass is 19.3. The molecule has 0 aromatic heterocycles. The van der Waals surface area contributed by atoms with Crippen molar-refractivity contribution < 1.29 is 23.0 Å². The number of fused-ring (bicyclic) bond motifs is 1. The number of benzene rings is 2. The zero-order valence-corrected chi connectivity index (χ0v) is 15.3. The number of ether oxygens (including phenoxy) is 3. The second-order valence-electron chi connectivity index (χ2n) is 6.62. The molecular weight excluding hydrogens is 368 g/mol. The van der Waals surface area contributed by atoms with Crippen molar-refractivity contribution in [2.24, 2.45) is 4.99 Å². The van der Waals surface area contributed by atoms with Gasteiger partial charge >= 0.3 is 6.61 Å². The molecule has 1 aliphatic heterocycles. The fraction of sp³-hybridized carbons (Fsp3) is 0.350. The van der Waals surface area contributed by atoms with E-state index in [4.69, 9.17) is 9.47 Å². The van der Waals surface area contributed by atoms with E-state index >= 15 is 0 Å². The third kappa shape index (κ3) is 4.11. The molecule has 2 aliphatic rings. The number of nitrogens with zero attached hydrogens (tertiary/aromatic N) is 1. The summed E-state index contributed by atoms with van der Waals surface area (Å²) in [5, 5.41) is 6.52. The van der Waals surface area contributed by atoms with Gasteiger partial charge in [-0.25, -0.2) is 0 Å². The molecule has 1 heterocycles. The first-order valence-electron chi connectivity index (χ1n) is 9.03. The van der Waals surface area contributed by atoms with Crippen LogP contribution >= 0.6 is 0 Å². The second-order valence-corrected chi connectivity index (χ2v) is 6.62. The molecule has 8 heteroatoms. The van der Waals surface area contributed by atoms with Gasteiger partial charge in [-0.2, -0.15) is 8.78 Å². The van der Waals surface area contributed by atoms with Crippen LogP contribution in [0.4, 0.5) is 8.78 Å². The first kappa shape index (κ1) is 18.3. The van der Waals surface area contributed by atoms with Crippen LogP contribution < -0.4 is 24.8 Å². The van der Waals surface area contributed by atoms with Crippen molar-refractivity contribution >= 4 is 5.96 Å². The molecule has 0 amide bonds. The molecule has 1 saturated carbocycles. The Morgan fingerprint density at radius 2 is 1.96 bits per heavy atom. The van der Waals surface area contributed by atoms with Crippen LogP contribution in [-0.2, 0) is 6.54 Å². The van der Waals surface area contributed by atoms with Crippen molar-refractivity contribution in [2.75, 3.05) is 13.8 Å². The Hall–Kier alpha value is -3.03. The van der Waals surface area contributed by atoms with E-state index in [0.717, 1.165) is 6.42 Å². The van der Waals surface area contributed by atoms with Gasteiger partial charge in [0.2, 0.25) is 6.79 Å². The van der Waals surface area contributed by atoms with Gasteiger partial charge in [-0.3, -0.25) is 4.99 Å². The lowest BCUT2D eigenvalue weighted by molar-refractivity contribution is -0.0505. The van der Waals surface area contributed by atoms with Crippen LogP contribution in [0.2, 0.25) is 0 Å². The Morgan fingerprint density at radius 1 is 1.21 bits per heavy atom. The summed E-state index contributed by atoms with van der Waals surface area (Å²) in [4.78, 5) is 4.22. The van der Waals surface area contributed by atoms with Crippen LogP contribution in [-0.4, -0.2) is 32.5 Å². The van der Waals surface area contributed by atoms with E-state index < -0.39 is 6.61 Å². The smallest absolute Gasteiger partial charge is 0.387 e. The molecule has 2 unspecified atom stereocenters. The summed E-state index contributed by atoms with van der Waals surface area (Å²) in [6.45, 7) is -2.61. The topological polar surface area (TPSA) is 64.1 Å².